The summed E-state index contributed by atoms with van der Waals surface area (Å²) in [5.41, 5.74) is 2.36. The fraction of sp³-hybridized carbons (Fsp3) is 0.294. The van der Waals surface area contributed by atoms with E-state index in [-0.39, 0.29) is 11.9 Å². The van der Waals surface area contributed by atoms with Crippen molar-refractivity contribution >= 4 is 0 Å². The highest BCUT2D eigenvalue weighted by atomic mass is 19.1. The zero-order valence-electron chi connectivity index (χ0n) is 11.3. The molecule has 2 heteroatoms. The first kappa shape index (κ1) is 13.8. The summed E-state index contributed by atoms with van der Waals surface area (Å²) in [7, 11) is 0. The molecule has 1 N–H and O–H groups in total. The monoisotopic (exact) mass is 257 g/mol. The second-order valence-electron chi connectivity index (χ2n) is 4.82. The summed E-state index contributed by atoms with van der Waals surface area (Å²) < 4.78 is 13.1. The van der Waals surface area contributed by atoms with Crippen LogP contribution in [0.15, 0.2) is 54.6 Å². The molecule has 0 aromatic heterocycles. The zero-order chi connectivity index (χ0) is 13.5. The Morgan fingerprint density at radius 2 is 1.84 bits per heavy atom. The van der Waals surface area contributed by atoms with Crippen molar-refractivity contribution < 1.29 is 4.39 Å². The lowest BCUT2D eigenvalue weighted by molar-refractivity contribution is 0.552. The second kappa shape index (κ2) is 7.05. The van der Waals surface area contributed by atoms with E-state index in [0.29, 0.717) is 0 Å². The summed E-state index contributed by atoms with van der Waals surface area (Å²) in [5.74, 6) is -0.171. The molecule has 0 aliphatic carbocycles. The van der Waals surface area contributed by atoms with Crippen molar-refractivity contribution in [2.75, 3.05) is 6.54 Å². The van der Waals surface area contributed by atoms with Crippen molar-refractivity contribution in [1.29, 1.82) is 0 Å². The summed E-state index contributed by atoms with van der Waals surface area (Å²) >= 11 is 0. The lowest BCUT2D eigenvalue weighted by atomic mass is 10.1. The van der Waals surface area contributed by atoms with E-state index in [1.807, 2.05) is 12.1 Å². The van der Waals surface area contributed by atoms with Crippen molar-refractivity contribution in [3.8, 4) is 0 Å². The summed E-state index contributed by atoms with van der Waals surface area (Å²) in [6, 6.07) is 17.4. The van der Waals surface area contributed by atoms with Crippen LogP contribution in [0.1, 0.15) is 30.5 Å². The minimum absolute atomic E-state index is 0.171. The molecular weight excluding hydrogens is 237 g/mol. The molecule has 0 saturated heterocycles. The fourth-order valence-corrected chi connectivity index (χ4v) is 2.15. The lowest BCUT2D eigenvalue weighted by Crippen LogP contribution is -2.20. The highest BCUT2D eigenvalue weighted by Crippen LogP contribution is 2.13. The molecule has 1 atom stereocenters. The molecule has 0 heterocycles. The van der Waals surface area contributed by atoms with Gasteiger partial charge in [-0.25, -0.2) is 4.39 Å². The highest BCUT2D eigenvalue weighted by Gasteiger charge is 2.04. The number of hydrogen-bond donors (Lipinski definition) is 1. The predicted molar refractivity (Wildman–Crippen MR) is 77.6 cm³/mol. The van der Waals surface area contributed by atoms with Gasteiger partial charge in [0.05, 0.1) is 0 Å². The average molecular weight is 257 g/mol. The third-order valence-electron chi connectivity index (χ3n) is 3.28. The largest absolute Gasteiger partial charge is 0.310 e. The van der Waals surface area contributed by atoms with Gasteiger partial charge >= 0.3 is 0 Å². The number of nitrogens with one attached hydrogen (secondary N) is 1. The Balaban J connectivity index is 1.74. The zero-order valence-corrected chi connectivity index (χ0v) is 11.3. The number of hydrogen-bond acceptors (Lipinski definition) is 1. The summed E-state index contributed by atoms with van der Waals surface area (Å²) in [5, 5.41) is 3.43. The Morgan fingerprint density at radius 3 is 2.58 bits per heavy atom. The first-order valence-electron chi connectivity index (χ1n) is 6.78. The highest BCUT2D eigenvalue weighted by molar-refractivity contribution is 5.19. The minimum Gasteiger partial charge on any atom is -0.310 e. The molecule has 2 aromatic rings. The Hall–Kier alpha value is -1.67. The number of halogens is 1. The first-order valence-corrected chi connectivity index (χ1v) is 6.78. The first-order chi connectivity index (χ1) is 9.25. The molecule has 19 heavy (non-hydrogen) atoms. The molecule has 2 rings (SSSR count). The van der Waals surface area contributed by atoms with E-state index in [2.05, 4.69) is 36.5 Å². The normalized spacial score (nSPS) is 12.3. The fourth-order valence-electron chi connectivity index (χ4n) is 2.15. The quantitative estimate of drug-likeness (QED) is 0.768. The van der Waals surface area contributed by atoms with Crippen LogP contribution in [-0.2, 0) is 6.42 Å². The van der Waals surface area contributed by atoms with E-state index in [0.717, 1.165) is 24.9 Å². The average Bonchev–Trinajstić information content (AvgIpc) is 2.44. The van der Waals surface area contributed by atoms with Crippen LogP contribution in [0.4, 0.5) is 4.39 Å². The van der Waals surface area contributed by atoms with Gasteiger partial charge in [-0.1, -0.05) is 42.5 Å². The predicted octanol–water partition coefficient (Wildman–Crippen LogP) is 4.11. The van der Waals surface area contributed by atoms with Gasteiger partial charge in [0.2, 0.25) is 0 Å². The maximum absolute atomic E-state index is 13.1. The summed E-state index contributed by atoms with van der Waals surface area (Å²) in [6.45, 7) is 3.00. The molecule has 0 aliphatic heterocycles. The molecule has 2 aromatic carbocycles. The summed E-state index contributed by atoms with van der Waals surface area (Å²) in [4.78, 5) is 0. The smallest absolute Gasteiger partial charge is 0.123 e. The summed E-state index contributed by atoms with van der Waals surface area (Å²) in [6.07, 6.45) is 2.16. The van der Waals surface area contributed by atoms with Crippen LogP contribution >= 0.6 is 0 Å². The van der Waals surface area contributed by atoms with Crippen molar-refractivity contribution in [1.82, 2.24) is 5.32 Å². The number of rotatable bonds is 6. The molecule has 0 bridgehead atoms. The van der Waals surface area contributed by atoms with Crippen LogP contribution in [0.5, 0.6) is 0 Å². The van der Waals surface area contributed by atoms with Crippen LogP contribution in [0.3, 0.4) is 0 Å². The van der Waals surface area contributed by atoms with Crippen LogP contribution in [0, 0.1) is 5.82 Å². The molecule has 0 saturated carbocycles. The van der Waals surface area contributed by atoms with Gasteiger partial charge in [0.1, 0.15) is 5.82 Å². The molecule has 0 spiro atoms. The molecule has 0 aliphatic rings. The Labute approximate surface area is 114 Å². The van der Waals surface area contributed by atoms with Crippen LogP contribution < -0.4 is 5.32 Å². The lowest BCUT2D eigenvalue weighted by Gasteiger charge is -2.14. The van der Waals surface area contributed by atoms with Crippen LogP contribution in [0.25, 0.3) is 0 Å². The van der Waals surface area contributed by atoms with Crippen LogP contribution in [-0.4, -0.2) is 6.54 Å². The van der Waals surface area contributed by atoms with Crippen molar-refractivity contribution in [3.05, 3.63) is 71.5 Å². The Bertz CT molecular complexity index is 496. The minimum atomic E-state index is -0.171. The molecule has 1 nitrogen and oxygen atoms in total. The van der Waals surface area contributed by atoms with Gasteiger partial charge in [-0.2, -0.15) is 0 Å². The van der Waals surface area contributed by atoms with Gasteiger partial charge in [0.15, 0.2) is 0 Å². The SMILES string of the molecule is CC(NCCCc1ccccc1)c1cccc(F)c1. The van der Waals surface area contributed by atoms with Crippen molar-refractivity contribution in [2.45, 2.75) is 25.8 Å². The van der Waals surface area contributed by atoms with E-state index in [4.69, 9.17) is 0 Å². The third kappa shape index (κ3) is 4.49. The third-order valence-corrected chi connectivity index (χ3v) is 3.28. The number of aryl methyl sites for hydroxylation is 1. The molecule has 0 fully saturated rings. The van der Waals surface area contributed by atoms with E-state index in [1.165, 1.54) is 11.6 Å². The van der Waals surface area contributed by atoms with Gasteiger partial charge in [0, 0.05) is 6.04 Å². The van der Waals surface area contributed by atoms with E-state index < -0.39 is 0 Å². The van der Waals surface area contributed by atoms with E-state index >= 15 is 0 Å². The Morgan fingerprint density at radius 1 is 1.05 bits per heavy atom. The standard InChI is InChI=1S/C17H20FN/c1-14(16-10-5-11-17(18)13-16)19-12-6-9-15-7-3-2-4-8-15/h2-5,7-8,10-11,13-14,19H,6,9,12H2,1H3. The Kier molecular flexibility index (Phi) is 5.10. The molecule has 100 valence electrons. The molecular formula is C17H20FN. The van der Waals surface area contributed by atoms with Crippen molar-refractivity contribution in [2.24, 2.45) is 0 Å². The molecule has 0 radical (unpaired) electrons. The van der Waals surface area contributed by atoms with Crippen LogP contribution in [0.2, 0.25) is 0 Å². The maximum atomic E-state index is 13.1. The van der Waals surface area contributed by atoms with E-state index in [1.54, 1.807) is 12.1 Å². The number of benzene rings is 2. The van der Waals surface area contributed by atoms with Gasteiger partial charge < -0.3 is 5.32 Å². The molecule has 0 amide bonds. The van der Waals surface area contributed by atoms with Gasteiger partial charge in [-0.3, -0.25) is 0 Å². The van der Waals surface area contributed by atoms with Crippen molar-refractivity contribution in [3.63, 3.8) is 0 Å². The maximum Gasteiger partial charge on any atom is 0.123 e. The topological polar surface area (TPSA) is 12.0 Å². The second-order valence-corrected chi connectivity index (χ2v) is 4.82. The molecule has 1 unspecified atom stereocenters. The van der Waals surface area contributed by atoms with Gasteiger partial charge in [0.25, 0.3) is 0 Å². The van der Waals surface area contributed by atoms with Gasteiger partial charge in [-0.15, -0.1) is 0 Å². The van der Waals surface area contributed by atoms with Gasteiger partial charge in [-0.05, 0) is 49.6 Å². The van der Waals surface area contributed by atoms with E-state index in [9.17, 15) is 4.39 Å².